The van der Waals surface area contributed by atoms with E-state index in [9.17, 15) is 13.6 Å². The lowest BCUT2D eigenvalue weighted by molar-refractivity contribution is -0.131. The Morgan fingerprint density at radius 2 is 1.85 bits per heavy atom. The highest BCUT2D eigenvalue weighted by Gasteiger charge is 2.20. The number of carboxylic acids is 1. The van der Waals surface area contributed by atoms with E-state index in [-0.39, 0.29) is 5.02 Å². The molecule has 4 nitrogen and oxygen atoms in total. The molecule has 0 radical (unpaired) electrons. The van der Waals surface area contributed by atoms with Gasteiger partial charge in [0.1, 0.15) is 5.82 Å². The number of fused-ring (bicyclic) bond motifs is 1. The topological polar surface area (TPSA) is 66.0 Å². The summed E-state index contributed by atoms with van der Waals surface area (Å²) in [4.78, 5) is 10.8. The number of carbonyl (C=O) groups is 1. The van der Waals surface area contributed by atoms with Gasteiger partial charge < -0.3 is 5.11 Å². The smallest absolute Gasteiger partial charge is 0.328 e. The van der Waals surface area contributed by atoms with E-state index in [1.807, 2.05) is 25.1 Å². The maximum atomic E-state index is 14.7. The van der Waals surface area contributed by atoms with Crippen molar-refractivity contribution in [3.05, 3.63) is 106 Å². The van der Waals surface area contributed by atoms with E-state index >= 15 is 0 Å². The molecule has 0 aliphatic carbocycles. The summed E-state index contributed by atoms with van der Waals surface area (Å²) in [5, 5.41) is 15.9. The van der Waals surface area contributed by atoms with Crippen LogP contribution in [0.4, 0.5) is 8.78 Å². The number of benzene rings is 3. The van der Waals surface area contributed by atoms with Crippen molar-refractivity contribution < 1.29 is 18.7 Å². The van der Waals surface area contributed by atoms with Gasteiger partial charge in [0.2, 0.25) is 5.95 Å². The van der Waals surface area contributed by atoms with Crippen molar-refractivity contribution in [2.45, 2.75) is 13.3 Å². The first-order valence-electron chi connectivity index (χ1n) is 10.2. The lowest BCUT2D eigenvalue weighted by atomic mass is 9.86. The molecule has 0 unspecified atom stereocenters. The van der Waals surface area contributed by atoms with E-state index in [0.29, 0.717) is 34.0 Å². The minimum Gasteiger partial charge on any atom is -0.478 e. The standard InChI is InChI=1S/C26H19ClF2N2O2/c1-2-18(19-12-11-17(28)14-21(19)27)24(16-9-6-15(7-10-16)8-13-23(32)33)20-4-3-5-22-25(20)26(29)31-30-22/h3-14H,2H2,1H3,(H,30,31)(H,32,33). The van der Waals surface area contributed by atoms with E-state index in [1.54, 1.807) is 30.3 Å². The minimum atomic E-state index is -1.04. The Labute approximate surface area is 193 Å². The van der Waals surface area contributed by atoms with Gasteiger partial charge in [-0.3, -0.25) is 5.10 Å². The molecule has 3 aromatic carbocycles. The van der Waals surface area contributed by atoms with Crippen LogP contribution in [0.15, 0.2) is 66.7 Å². The van der Waals surface area contributed by atoms with Crippen LogP contribution in [0.2, 0.25) is 5.02 Å². The first kappa shape index (κ1) is 22.4. The average molecular weight is 465 g/mol. The van der Waals surface area contributed by atoms with Crippen molar-refractivity contribution in [2.24, 2.45) is 0 Å². The van der Waals surface area contributed by atoms with Crippen molar-refractivity contribution >= 4 is 45.7 Å². The summed E-state index contributed by atoms with van der Waals surface area (Å²) < 4.78 is 28.5. The largest absolute Gasteiger partial charge is 0.478 e. The molecule has 0 bridgehead atoms. The Morgan fingerprint density at radius 3 is 2.52 bits per heavy atom. The molecule has 0 spiro atoms. The molecule has 1 aromatic heterocycles. The molecule has 0 amide bonds. The Balaban J connectivity index is 2.01. The second-order valence-corrected chi connectivity index (χ2v) is 7.77. The normalized spacial score (nSPS) is 12.4. The number of aliphatic carboxylic acids is 1. The van der Waals surface area contributed by atoms with Crippen LogP contribution >= 0.6 is 11.6 Å². The third-order valence-electron chi connectivity index (χ3n) is 5.34. The first-order valence-corrected chi connectivity index (χ1v) is 10.6. The fraction of sp³-hybridized carbons (Fsp3) is 0.0769. The number of aromatic amines is 1. The highest BCUT2D eigenvalue weighted by Crippen LogP contribution is 2.40. The molecular weight excluding hydrogens is 446 g/mol. The van der Waals surface area contributed by atoms with Crippen LogP contribution in [0, 0.1) is 11.8 Å². The number of hydrogen-bond acceptors (Lipinski definition) is 2. The molecule has 33 heavy (non-hydrogen) atoms. The van der Waals surface area contributed by atoms with Crippen LogP contribution in [0.5, 0.6) is 0 Å². The molecule has 4 rings (SSSR count). The van der Waals surface area contributed by atoms with Crippen molar-refractivity contribution in [2.75, 3.05) is 0 Å². The number of aromatic nitrogens is 2. The van der Waals surface area contributed by atoms with Crippen molar-refractivity contribution in [3.63, 3.8) is 0 Å². The maximum absolute atomic E-state index is 14.7. The number of H-pyrrole nitrogens is 1. The highest BCUT2D eigenvalue weighted by atomic mass is 35.5. The summed E-state index contributed by atoms with van der Waals surface area (Å²) in [6, 6.07) is 16.8. The first-order chi connectivity index (χ1) is 15.9. The molecule has 166 valence electrons. The minimum absolute atomic E-state index is 0.255. The molecular formula is C26H19ClF2N2O2. The van der Waals surface area contributed by atoms with Gasteiger partial charge in [-0.1, -0.05) is 61.0 Å². The molecule has 7 heteroatoms. The number of carboxylic acid groups (broad SMARTS) is 1. The van der Waals surface area contributed by atoms with E-state index in [1.165, 1.54) is 18.2 Å². The molecule has 0 saturated carbocycles. The Morgan fingerprint density at radius 1 is 1.09 bits per heavy atom. The zero-order chi connectivity index (χ0) is 23.5. The lowest BCUT2D eigenvalue weighted by Crippen LogP contribution is -1.98. The van der Waals surface area contributed by atoms with Crippen LogP contribution in [0.1, 0.15) is 35.6 Å². The summed E-state index contributed by atoms with van der Waals surface area (Å²) in [5.41, 5.74) is 4.81. The van der Waals surface area contributed by atoms with Crippen LogP contribution in [-0.2, 0) is 4.79 Å². The third-order valence-corrected chi connectivity index (χ3v) is 5.66. The van der Waals surface area contributed by atoms with Gasteiger partial charge in [-0.25, -0.2) is 9.18 Å². The summed E-state index contributed by atoms with van der Waals surface area (Å²) in [7, 11) is 0. The quantitative estimate of drug-likeness (QED) is 0.239. The second-order valence-electron chi connectivity index (χ2n) is 7.37. The predicted molar refractivity (Wildman–Crippen MR) is 127 cm³/mol. The fourth-order valence-electron chi connectivity index (χ4n) is 3.90. The summed E-state index contributed by atoms with van der Waals surface area (Å²) in [5.74, 6) is -2.11. The molecule has 0 aliphatic heterocycles. The Kier molecular flexibility index (Phi) is 6.38. The van der Waals surface area contributed by atoms with Crippen molar-refractivity contribution in [3.8, 4) is 0 Å². The van der Waals surface area contributed by atoms with E-state index in [2.05, 4.69) is 10.2 Å². The van der Waals surface area contributed by atoms with Gasteiger partial charge in [0, 0.05) is 6.08 Å². The highest BCUT2D eigenvalue weighted by molar-refractivity contribution is 6.32. The van der Waals surface area contributed by atoms with Crippen LogP contribution in [0.25, 0.3) is 28.1 Å². The zero-order valence-electron chi connectivity index (χ0n) is 17.6. The van der Waals surface area contributed by atoms with Gasteiger partial charge in [0.15, 0.2) is 0 Å². The van der Waals surface area contributed by atoms with Gasteiger partial charge in [-0.15, -0.1) is 5.10 Å². The number of rotatable bonds is 6. The maximum Gasteiger partial charge on any atom is 0.328 e. The number of nitrogens with zero attached hydrogens (tertiary/aromatic N) is 1. The molecule has 4 aromatic rings. The SMILES string of the molecule is CCC(=C(c1ccc(C=CC(=O)O)cc1)c1cccc2[nH]nc(F)c12)c1ccc(F)cc1Cl. The van der Waals surface area contributed by atoms with Crippen molar-refractivity contribution in [1.29, 1.82) is 0 Å². The molecule has 0 aliphatic rings. The number of nitrogens with one attached hydrogen (secondary N) is 1. The molecule has 0 fully saturated rings. The summed E-state index contributed by atoms with van der Waals surface area (Å²) in [6.07, 6.45) is 3.09. The molecule has 0 saturated heterocycles. The predicted octanol–water partition coefficient (Wildman–Crippen LogP) is 6.96. The lowest BCUT2D eigenvalue weighted by Gasteiger charge is -2.18. The van der Waals surface area contributed by atoms with Crippen LogP contribution < -0.4 is 0 Å². The molecule has 2 N–H and O–H groups in total. The Hall–Kier alpha value is -3.77. The third kappa shape index (κ3) is 4.56. The van der Waals surface area contributed by atoms with E-state index in [4.69, 9.17) is 16.7 Å². The van der Waals surface area contributed by atoms with E-state index < -0.39 is 17.7 Å². The number of allylic oxidation sites excluding steroid dienone is 1. The van der Waals surface area contributed by atoms with Gasteiger partial charge in [0.05, 0.1) is 15.9 Å². The monoisotopic (exact) mass is 464 g/mol. The van der Waals surface area contributed by atoms with Gasteiger partial charge >= 0.3 is 5.97 Å². The summed E-state index contributed by atoms with van der Waals surface area (Å²) in [6.45, 7) is 1.95. The average Bonchev–Trinajstić information content (AvgIpc) is 3.18. The second kappa shape index (κ2) is 9.38. The van der Waals surface area contributed by atoms with Crippen LogP contribution in [-0.4, -0.2) is 21.3 Å². The van der Waals surface area contributed by atoms with Gasteiger partial charge in [-0.05, 0) is 64.1 Å². The Bertz CT molecular complexity index is 1410. The van der Waals surface area contributed by atoms with Gasteiger partial charge in [0.25, 0.3) is 0 Å². The fourth-order valence-corrected chi connectivity index (χ4v) is 4.18. The summed E-state index contributed by atoms with van der Waals surface area (Å²) >= 11 is 6.42. The molecule has 1 heterocycles. The number of hydrogen-bond donors (Lipinski definition) is 2. The van der Waals surface area contributed by atoms with Crippen LogP contribution in [0.3, 0.4) is 0 Å². The van der Waals surface area contributed by atoms with E-state index in [0.717, 1.165) is 22.8 Å². The van der Waals surface area contributed by atoms with Crippen molar-refractivity contribution in [1.82, 2.24) is 10.2 Å². The van der Waals surface area contributed by atoms with Gasteiger partial charge in [-0.2, -0.15) is 4.39 Å². The molecule has 0 atom stereocenters. The number of halogens is 3. The zero-order valence-corrected chi connectivity index (χ0v) is 18.3.